The van der Waals surface area contributed by atoms with E-state index in [2.05, 4.69) is 65.0 Å². The molecule has 1 aromatic heterocycles. The molecule has 382 valence electrons. The number of carbonyl (C=O) groups is 7. The highest BCUT2D eigenvalue weighted by Crippen LogP contribution is 2.34. The highest BCUT2D eigenvalue weighted by molar-refractivity contribution is 5.95. The number of benzene rings is 1. The highest BCUT2D eigenvalue weighted by atomic mass is 16.2. The van der Waals surface area contributed by atoms with Crippen molar-refractivity contribution in [2.24, 2.45) is 17.8 Å². The molecule has 2 heterocycles. The van der Waals surface area contributed by atoms with E-state index in [-0.39, 0.29) is 91.3 Å². The van der Waals surface area contributed by atoms with Crippen LogP contribution in [0.2, 0.25) is 0 Å². The van der Waals surface area contributed by atoms with Crippen LogP contribution in [0.1, 0.15) is 142 Å². The Morgan fingerprint density at radius 1 is 0.754 bits per heavy atom. The lowest BCUT2D eigenvalue weighted by molar-refractivity contribution is -0.143. The van der Waals surface area contributed by atoms with Gasteiger partial charge < -0.3 is 47.4 Å². The molecule has 1 aliphatic heterocycles. The van der Waals surface area contributed by atoms with Gasteiger partial charge in [0.25, 0.3) is 0 Å². The summed E-state index contributed by atoms with van der Waals surface area (Å²) in [4.78, 5) is 97.2. The molecule has 1 saturated heterocycles. The van der Waals surface area contributed by atoms with Crippen molar-refractivity contribution >= 4 is 41.4 Å². The molecule has 1 aromatic carbocycles. The van der Waals surface area contributed by atoms with Gasteiger partial charge in [-0.2, -0.15) is 0 Å². The van der Waals surface area contributed by atoms with Crippen molar-refractivity contribution in [2.45, 2.75) is 180 Å². The van der Waals surface area contributed by atoms with E-state index in [1.54, 1.807) is 57.6 Å². The third-order valence-corrected chi connectivity index (χ3v) is 14.4. The van der Waals surface area contributed by atoms with Crippen molar-refractivity contribution in [2.75, 3.05) is 27.2 Å². The highest BCUT2D eigenvalue weighted by Gasteiger charge is 2.46. The Morgan fingerprint density at radius 3 is 2.10 bits per heavy atom. The molecule has 1 unspecified atom stereocenters. The summed E-state index contributed by atoms with van der Waals surface area (Å²) in [6.07, 6.45) is 9.66. The van der Waals surface area contributed by atoms with Crippen LogP contribution in [0.25, 0.3) is 0 Å². The van der Waals surface area contributed by atoms with Gasteiger partial charge in [-0.25, -0.2) is 4.68 Å². The van der Waals surface area contributed by atoms with Gasteiger partial charge in [0.15, 0.2) is 0 Å². The van der Waals surface area contributed by atoms with E-state index < -0.39 is 48.1 Å². The molecule has 0 bridgehead atoms. The molecule has 2 aromatic rings. The number of likely N-dealkylation sites (tertiary alicyclic amines) is 1. The van der Waals surface area contributed by atoms with Gasteiger partial charge in [0.1, 0.15) is 24.2 Å². The maximum Gasteiger partial charge on any atom is 0.246 e. The van der Waals surface area contributed by atoms with Crippen molar-refractivity contribution in [3.63, 3.8) is 0 Å². The predicted octanol–water partition coefficient (Wildman–Crippen LogP) is 2.12. The lowest BCUT2D eigenvalue weighted by Crippen LogP contribution is -2.58. The van der Waals surface area contributed by atoms with Gasteiger partial charge in [-0.05, 0) is 102 Å². The van der Waals surface area contributed by atoms with E-state index in [9.17, 15) is 33.6 Å². The van der Waals surface area contributed by atoms with Crippen LogP contribution in [0.4, 0.5) is 0 Å². The fourth-order valence-electron chi connectivity index (χ4n) is 9.37. The molecule has 3 aliphatic rings. The maximum atomic E-state index is 14.8. The first-order chi connectivity index (χ1) is 32.9. The first kappa shape index (κ1) is 54.5. The smallest absolute Gasteiger partial charge is 0.246 e. The van der Waals surface area contributed by atoms with Crippen LogP contribution in [-0.4, -0.2) is 131 Å². The van der Waals surface area contributed by atoms with Crippen molar-refractivity contribution in [3.05, 3.63) is 47.3 Å². The molecule has 7 amide bonds. The molecule has 8 N–H and O–H groups in total. The summed E-state index contributed by atoms with van der Waals surface area (Å²) in [5.41, 5.74) is 2.90. The number of fused-ring (bicyclic) bond motifs is 1. The average molecular weight is 961 g/mol. The third kappa shape index (κ3) is 15.0. The summed E-state index contributed by atoms with van der Waals surface area (Å²) < 4.78 is 1.69. The van der Waals surface area contributed by atoms with Crippen LogP contribution in [0.3, 0.4) is 0 Å². The Labute approximate surface area is 408 Å². The fourth-order valence-corrected chi connectivity index (χ4v) is 9.37. The van der Waals surface area contributed by atoms with Gasteiger partial charge in [0.05, 0.1) is 29.9 Å². The largest absolute Gasteiger partial charge is 0.356 e. The van der Waals surface area contributed by atoms with E-state index in [4.69, 9.17) is 0 Å². The fraction of sp³-hybridized carbons (Fsp3) is 0.700. The second-order valence-corrected chi connectivity index (χ2v) is 20.1. The number of aryl methyl sites for hydroxylation is 1. The number of hydrogen-bond acceptors (Lipinski definition) is 11. The van der Waals surface area contributed by atoms with Crippen LogP contribution in [0.15, 0.2) is 30.5 Å². The molecule has 5 rings (SSSR count). The van der Waals surface area contributed by atoms with Crippen LogP contribution >= 0.6 is 0 Å². The lowest BCUT2D eigenvalue weighted by atomic mass is 9.83. The molecule has 19 heteroatoms. The summed E-state index contributed by atoms with van der Waals surface area (Å²) in [5.74, 6) is -2.60. The third-order valence-electron chi connectivity index (χ3n) is 14.4. The summed E-state index contributed by atoms with van der Waals surface area (Å²) in [7, 11) is 3.35. The summed E-state index contributed by atoms with van der Waals surface area (Å²) in [5, 5.41) is 32.4. The maximum absolute atomic E-state index is 14.8. The lowest BCUT2D eigenvalue weighted by Gasteiger charge is -2.35. The van der Waals surface area contributed by atoms with Gasteiger partial charge in [-0.15, -0.1) is 5.10 Å². The van der Waals surface area contributed by atoms with Gasteiger partial charge in [0, 0.05) is 44.6 Å². The molecule has 9 atom stereocenters. The first-order valence-electron chi connectivity index (χ1n) is 25.3. The van der Waals surface area contributed by atoms with Crippen molar-refractivity contribution < 1.29 is 33.6 Å². The second kappa shape index (κ2) is 26.0. The molecular weight excluding hydrogens is 881 g/mol. The molecule has 0 radical (unpaired) electrons. The molecule has 19 nitrogen and oxygen atoms in total. The van der Waals surface area contributed by atoms with E-state index in [1.165, 1.54) is 5.56 Å². The Hall–Kier alpha value is -5.43. The number of rotatable bonds is 23. The Balaban J connectivity index is 1.25. The summed E-state index contributed by atoms with van der Waals surface area (Å²) in [6, 6.07) is 2.83. The van der Waals surface area contributed by atoms with Crippen LogP contribution in [-0.2, 0) is 46.4 Å². The molecule has 0 spiro atoms. The monoisotopic (exact) mass is 961 g/mol. The van der Waals surface area contributed by atoms with Crippen molar-refractivity contribution in [3.8, 4) is 0 Å². The van der Waals surface area contributed by atoms with Gasteiger partial charge in [0.2, 0.25) is 41.4 Å². The molecule has 2 aliphatic carbocycles. The predicted molar refractivity (Wildman–Crippen MR) is 262 cm³/mol. The number of aromatic nitrogens is 3. The van der Waals surface area contributed by atoms with Gasteiger partial charge >= 0.3 is 0 Å². The number of nitrogens with zero attached hydrogens (tertiary/aromatic N) is 4. The van der Waals surface area contributed by atoms with E-state index >= 15 is 0 Å². The van der Waals surface area contributed by atoms with Crippen molar-refractivity contribution in [1.29, 1.82) is 0 Å². The quantitative estimate of drug-likeness (QED) is 0.0802. The standard InChI is InChI=1S/C50H80N12O7/c1-29(2)31(5)54-47(66)40(56-49(68)43(30(3)4)57-45(64)32(6)51-8)22-23-42(63)53-25-24-36-27-62(60-59-36)37-26-41(48(67)55-39-21-15-19-34-16-13-14-20-38(34)39)61(28-37)50(69)44(35-17-11-10-12-18-35)58-46(65)33(7)52-9/h13-14,16,20,27,29-33,35,37,39-41,43-44,51-52H,10-12,15,17-19,21-26,28H2,1-9H3,(H,53,63)(H,54,66)(H,55,67)(H,56,68)(H,57,64)(H,58,65)/t31-,32+,33+,37+,39-,40+,41+,43?,44+/m1/s1. The number of hydrogen-bond donors (Lipinski definition) is 8. The number of likely N-dealkylation sites (N-methyl/N-ethyl adjacent to an activating group) is 2. The Kier molecular flexibility index (Phi) is 20.5. The zero-order valence-corrected chi connectivity index (χ0v) is 42.4. The zero-order chi connectivity index (χ0) is 50.4. The Morgan fingerprint density at radius 2 is 1.43 bits per heavy atom. The van der Waals surface area contributed by atoms with E-state index in [1.807, 2.05) is 32.9 Å². The molecule has 1 saturated carbocycles. The van der Waals surface area contributed by atoms with E-state index in [0.717, 1.165) is 56.9 Å². The normalized spacial score (nSPS) is 21.0. The first-order valence-corrected chi connectivity index (χ1v) is 25.3. The van der Waals surface area contributed by atoms with Crippen LogP contribution in [0.5, 0.6) is 0 Å². The van der Waals surface area contributed by atoms with E-state index in [0.29, 0.717) is 18.5 Å². The number of nitrogens with one attached hydrogen (secondary N) is 8. The summed E-state index contributed by atoms with van der Waals surface area (Å²) in [6.45, 7) is 13.3. The van der Waals surface area contributed by atoms with Crippen LogP contribution < -0.4 is 42.5 Å². The average Bonchev–Trinajstić information content (AvgIpc) is 4.01. The molecular formula is C50H80N12O7. The van der Waals surface area contributed by atoms with Gasteiger partial charge in [-0.1, -0.05) is 76.4 Å². The number of amides is 7. The zero-order valence-electron chi connectivity index (χ0n) is 42.4. The number of carbonyl (C=O) groups excluding carboxylic acids is 7. The topological polar surface area (TPSA) is 250 Å². The van der Waals surface area contributed by atoms with Crippen molar-refractivity contribution in [1.82, 2.24) is 62.4 Å². The minimum absolute atomic E-state index is 0.0226. The SMILES string of the molecule is CN[C@@H](C)C(=O)NC(C(=O)N[C@@H](CCC(=O)NCCc1cn([C@H]2C[C@@H](C(=O)N[C@@H]3CCCc4ccccc43)N(C(=O)[C@@H](NC(=O)[C@H](C)NC)C3CCCCC3)C2)nn1)C(=O)N[C@H](C)C(C)C)C(C)C. The summed E-state index contributed by atoms with van der Waals surface area (Å²) >= 11 is 0. The Bertz CT molecular complexity index is 2070. The van der Waals surface area contributed by atoms with Crippen LogP contribution in [0, 0.1) is 17.8 Å². The minimum Gasteiger partial charge on any atom is -0.356 e. The minimum atomic E-state index is -1.03. The second-order valence-electron chi connectivity index (χ2n) is 20.1. The molecule has 69 heavy (non-hydrogen) atoms. The molecule has 2 fully saturated rings. The van der Waals surface area contributed by atoms with Gasteiger partial charge in [-0.3, -0.25) is 33.6 Å².